The first kappa shape index (κ1) is 13.8. The summed E-state index contributed by atoms with van der Waals surface area (Å²) in [5.74, 6) is 0.395. The zero-order chi connectivity index (χ0) is 13.0. The second-order valence-electron chi connectivity index (χ2n) is 5.94. The van der Waals surface area contributed by atoms with E-state index in [1.807, 2.05) is 0 Å². The van der Waals surface area contributed by atoms with E-state index in [0.717, 1.165) is 32.6 Å². The molecular formula is C14H27N3O. The standard InChI is InChI=1S/C14H27N3O/c1-16-8-5-9-17(11-10-16)13(14(15)18)12-6-3-2-4-7-12/h12-13H,2-11H2,1H3,(H2,15,18). The molecule has 18 heavy (non-hydrogen) atoms. The second kappa shape index (κ2) is 6.53. The van der Waals surface area contributed by atoms with Gasteiger partial charge in [0.2, 0.25) is 5.91 Å². The predicted molar refractivity (Wildman–Crippen MR) is 73.2 cm³/mol. The molecule has 1 aliphatic heterocycles. The van der Waals surface area contributed by atoms with E-state index >= 15 is 0 Å². The minimum atomic E-state index is -0.105. The van der Waals surface area contributed by atoms with E-state index in [4.69, 9.17) is 5.73 Å². The van der Waals surface area contributed by atoms with Crippen LogP contribution in [0.25, 0.3) is 0 Å². The molecule has 2 aliphatic rings. The van der Waals surface area contributed by atoms with Gasteiger partial charge in [-0.25, -0.2) is 0 Å². The zero-order valence-electron chi connectivity index (χ0n) is 11.6. The molecule has 104 valence electrons. The molecule has 2 N–H and O–H groups in total. The lowest BCUT2D eigenvalue weighted by atomic mass is 9.83. The molecule has 1 atom stereocenters. The lowest BCUT2D eigenvalue weighted by molar-refractivity contribution is -0.125. The Morgan fingerprint density at radius 1 is 1.06 bits per heavy atom. The number of nitrogens with two attached hydrogens (primary N) is 1. The zero-order valence-corrected chi connectivity index (χ0v) is 11.6. The van der Waals surface area contributed by atoms with Gasteiger partial charge in [0, 0.05) is 19.6 Å². The molecule has 0 radical (unpaired) electrons. The van der Waals surface area contributed by atoms with Crippen molar-refractivity contribution in [2.75, 3.05) is 33.2 Å². The number of amides is 1. The van der Waals surface area contributed by atoms with Crippen molar-refractivity contribution in [1.82, 2.24) is 9.80 Å². The highest BCUT2D eigenvalue weighted by molar-refractivity contribution is 5.80. The number of likely N-dealkylation sites (N-methyl/N-ethyl adjacent to an activating group) is 1. The summed E-state index contributed by atoms with van der Waals surface area (Å²) >= 11 is 0. The summed E-state index contributed by atoms with van der Waals surface area (Å²) in [6, 6.07) is -0.0169. The van der Waals surface area contributed by atoms with E-state index in [9.17, 15) is 4.79 Å². The maximum Gasteiger partial charge on any atom is 0.235 e. The van der Waals surface area contributed by atoms with E-state index in [0.29, 0.717) is 5.92 Å². The first-order chi connectivity index (χ1) is 8.68. The molecule has 0 aromatic heterocycles. The first-order valence-corrected chi connectivity index (χ1v) is 7.40. The monoisotopic (exact) mass is 253 g/mol. The second-order valence-corrected chi connectivity index (χ2v) is 5.94. The van der Waals surface area contributed by atoms with Gasteiger partial charge in [0.05, 0.1) is 6.04 Å². The molecule has 4 heteroatoms. The van der Waals surface area contributed by atoms with Gasteiger partial charge in [-0.15, -0.1) is 0 Å². The molecule has 2 rings (SSSR count). The quantitative estimate of drug-likeness (QED) is 0.818. The number of hydrogen-bond donors (Lipinski definition) is 1. The number of nitrogens with zero attached hydrogens (tertiary/aromatic N) is 2. The molecule has 1 unspecified atom stereocenters. The Balaban J connectivity index is 2.01. The SMILES string of the molecule is CN1CCCN(C(C(N)=O)C2CCCCC2)CC1. The van der Waals surface area contributed by atoms with Crippen LogP contribution in [0.3, 0.4) is 0 Å². The van der Waals surface area contributed by atoms with Gasteiger partial charge in [0.1, 0.15) is 0 Å². The summed E-state index contributed by atoms with van der Waals surface area (Å²) in [6.45, 7) is 4.19. The number of carbonyl (C=O) groups is 1. The number of primary amides is 1. The Morgan fingerprint density at radius 2 is 1.78 bits per heavy atom. The van der Waals surface area contributed by atoms with Crippen molar-refractivity contribution in [2.24, 2.45) is 11.7 Å². The molecule has 4 nitrogen and oxygen atoms in total. The van der Waals surface area contributed by atoms with Crippen LogP contribution < -0.4 is 5.73 Å². The Bertz CT molecular complexity index is 276. The third kappa shape index (κ3) is 3.45. The first-order valence-electron chi connectivity index (χ1n) is 7.40. The van der Waals surface area contributed by atoms with Crippen LogP contribution >= 0.6 is 0 Å². The number of rotatable bonds is 3. The molecule has 1 amide bonds. The van der Waals surface area contributed by atoms with Gasteiger partial charge in [-0.05, 0) is 38.8 Å². The molecule has 1 saturated heterocycles. The van der Waals surface area contributed by atoms with Crippen LogP contribution in [0.5, 0.6) is 0 Å². The highest BCUT2D eigenvalue weighted by Crippen LogP contribution is 2.29. The van der Waals surface area contributed by atoms with Crippen LogP contribution in [0.1, 0.15) is 38.5 Å². The smallest absolute Gasteiger partial charge is 0.235 e. The average molecular weight is 253 g/mol. The number of hydrogen-bond acceptors (Lipinski definition) is 3. The Kier molecular flexibility index (Phi) is 5.01. The van der Waals surface area contributed by atoms with E-state index in [2.05, 4.69) is 16.8 Å². The fraction of sp³-hybridized carbons (Fsp3) is 0.929. The van der Waals surface area contributed by atoms with Crippen molar-refractivity contribution in [3.8, 4) is 0 Å². The van der Waals surface area contributed by atoms with Gasteiger partial charge >= 0.3 is 0 Å². The van der Waals surface area contributed by atoms with Gasteiger partial charge in [-0.1, -0.05) is 19.3 Å². The summed E-state index contributed by atoms with van der Waals surface area (Å²) in [7, 11) is 2.16. The molecule has 0 aromatic carbocycles. The topological polar surface area (TPSA) is 49.6 Å². The third-order valence-corrected chi connectivity index (χ3v) is 4.54. The van der Waals surface area contributed by atoms with Crippen LogP contribution in [-0.2, 0) is 4.79 Å². The van der Waals surface area contributed by atoms with Crippen molar-refractivity contribution >= 4 is 5.91 Å². The largest absolute Gasteiger partial charge is 0.368 e. The predicted octanol–water partition coefficient (Wildman–Crippen LogP) is 1.06. The van der Waals surface area contributed by atoms with Crippen molar-refractivity contribution < 1.29 is 4.79 Å². The van der Waals surface area contributed by atoms with Gasteiger partial charge in [-0.2, -0.15) is 0 Å². The Labute approximate surface area is 110 Å². The highest BCUT2D eigenvalue weighted by atomic mass is 16.1. The summed E-state index contributed by atoms with van der Waals surface area (Å²) in [5, 5.41) is 0. The van der Waals surface area contributed by atoms with E-state index in [1.54, 1.807) is 0 Å². The number of carbonyl (C=O) groups excluding carboxylic acids is 1. The van der Waals surface area contributed by atoms with Crippen LogP contribution in [0.4, 0.5) is 0 Å². The van der Waals surface area contributed by atoms with Crippen LogP contribution in [-0.4, -0.2) is 55.0 Å². The van der Waals surface area contributed by atoms with E-state index < -0.39 is 0 Å². The van der Waals surface area contributed by atoms with Crippen molar-refractivity contribution in [3.05, 3.63) is 0 Å². The minimum Gasteiger partial charge on any atom is -0.368 e. The van der Waals surface area contributed by atoms with Gasteiger partial charge in [-0.3, -0.25) is 9.69 Å². The van der Waals surface area contributed by atoms with Gasteiger partial charge in [0.25, 0.3) is 0 Å². The van der Waals surface area contributed by atoms with Crippen LogP contribution in [0.15, 0.2) is 0 Å². The van der Waals surface area contributed by atoms with Crippen molar-refractivity contribution in [1.29, 1.82) is 0 Å². The summed E-state index contributed by atoms with van der Waals surface area (Å²) in [6.07, 6.45) is 7.36. The third-order valence-electron chi connectivity index (χ3n) is 4.54. The highest BCUT2D eigenvalue weighted by Gasteiger charge is 2.33. The average Bonchev–Trinajstić information content (AvgIpc) is 2.56. The molecule has 0 bridgehead atoms. The molecular weight excluding hydrogens is 226 g/mol. The summed E-state index contributed by atoms with van der Waals surface area (Å²) in [5.41, 5.74) is 5.69. The molecule has 1 aliphatic carbocycles. The molecule has 2 fully saturated rings. The molecule has 1 saturated carbocycles. The fourth-order valence-corrected chi connectivity index (χ4v) is 3.50. The lowest BCUT2D eigenvalue weighted by Gasteiger charge is -2.36. The van der Waals surface area contributed by atoms with Crippen molar-refractivity contribution in [3.63, 3.8) is 0 Å². The molecule has 1 heterocycles. The lowest BCUT2D eigenvalue weighted by Crippen LogP contribution is -2.51. The fourth-order valence-electron chi connectivity index (χ4n) is 3.50. The Morgan fingerprint density at radius 3 is 2.44 bits per heavy atom. The van der Waals surface area contributed by atoms with E-state index in [-0.39, 0.29) is 11.9 Å². The van der Waals surface area contributed by atoms with Crippen LogP contribution in [0.2, 0.25) is 0 Å². The van der Waals surface area contributed by atoms with Gasteiger partial charge < -0.3 is 10.6 Å². The summed E-state index contributed by atoms with van der Waals surface area (Å²) in [4.78, 5) is 16.6. The molecule has 0 aromatic rings. The van der Waals surface area contributed by atoms with Crippen LogP contribution in [0, 0.1) is 5.92 Å². The normalized spacial score (nSPS) is 26.7. The summed E-state index contributed by atoms with van der Waals surface area (Å²) < 4.78 is 0. The van der Waals surface area contributed by atoms with E-state index in [1.165, 1.54) is 32.1 Å². The van der Waals surface area contributed by atoms with Crippen molar-refractivity contribution in [2.45, 2.75) is 44.6 Å². The minimum absolute atomic E-state index is 0.0169. The molecule has 0 spiro atoms. The maximum absolute atomic E-state index is 11.9. The maximum atomic E-state index is 11.9. The Hall–Kier alpha value is -0.610. The van der Waals surface area contributed by atoms with Gasteiger partial charge in [0.15, 0.2) is 0 Å².